The van der Waals surface area contributed by atoms with Gasteiger partial charge in [-0.2, -0.15) is 0 Å². The number of nitrogens with one attached hydrogen (secondary N) is 1. The van der Waals surface area contributed by atoms with Crippen LogP contribution in [0.5, 0.6) is 5.75 Å². The molecular weight excluding hydrogens is 290 g/mol. The van der Waals surface area contributed by atoms with Gasteiger partial charge in [0.25, 0.3) is 0 Å². The highest BCUT2D eigenvalue weighted by Crippen LogP contribution is 2.13. The molecule has 0 aliphatic carbocycles. The van der Waals surface area contributed by atoms with Gasteiger partial charge in [0.2, 0.25) is 5.91 Å². The number of amides is 1. The van der Waals surface area contributed by atoms with E-state index in [0.29, 0.717) is 11.3 Å². The van der Waals surface area contributed by atoms with Crippen molar-refractivity contribution in [2.75, 3.05) is 20.8 Å². The van der Waals surface area contributed by atoms with Crippen molar-refractivity contribution in [2.45, 2.75) is 18.9 Å². The highest BCUT2D eigenvalue weighted by molar-refractivity contribution is 5.98. The Morgan fingerprint density at radius 2 is 1.77 bits per heavy atom. The maximum Gasteiger partial charge on any atom is 0.328 e. The molecule has 120 valence electrons. The number of aliphatic carboxylic acids is 1. The molecule has 7 heteroatoms. The van der Waals surface area contributed by atoms with Crippen LogP contribution in [0.3, 0.4) is 0 Å². The molecule has 0 saturated heterocycles. The zero-order chi connectivity index (χ0) is 16.5. The molecule has 0 bridgehead atoms. The number of carbonyl (C=O) groups excluding carboxylic acids is 2. The molecule has 0 radical (unpaired) electrons. The summed E-state index contributed by atoms with van der Waals surface area (Å²) in [6.07, 6.45) is -0.0875. The molecule has 1 rings (SSSR count). The molecule has 1 aromatic carbocycles. The molecule has 22 heavy (non-hydrogen) atoms. The maximum atomic E-state index is 11.9. The number of ketones is 1. The third-order valence-electron chi connectivity index (χ3n) is 2.96. The number of benzene rings is 1. The van der Waals surface area contributed by atoms with Crippen LogP contribution in [0.25, 0.3) is 0 Å². The fourth-order valence-corrected chi connectivity index (χ4v) is 1.76. The zero-order valence-electron chi connectivity index (χ0n) is 12.5. The second-order valence-electron chi connectivity index (χ2n) is 4.57. The molecule has 0 fully saturated rings. The lowest BCUT2D eigenvalue weighted by atomic mass is 10.1. The number of carboxylic acids is 1. The molecule has 1 unspecified atom stereocenters. The van der Waals surface area contributed by atoms with Crippen molar-refractivity contribution >= 4 is 17.7 Å². The molecule has 1 aromatic rings. The van der Waals surface area contributed by atoms with E-state index in [1.807, 2.05) is 0 Å². The van der Waals surface area contributed by atoms with Crippen molar-refractivity contribution < 1.29 is 29.0 Å². The van der Waals surface area contributed by atoms with Crippen LogP contribution in [0.4, 0.5) is 0 Å². The van der Waals surface area contributed by atoms with Gasteiger partial charge in [0.05, 0.1) is 13.7 Å². The van der Waals surface area contributed by atoms with Crippen molar-refractivity contribution in [3.05, 3.63) is 29.8 Å². The number of hydrogen-bond acceptors (Lipinski definition) is 5. The standard InChI is InChI=1S/C15H19NO6/c1-21-9-12(15(19)20)16-14(18)8-7-13(17)10-3-5-11(22-2)6-4-10/h3-6,12H,7-9H2,1-2H3,(H,16,18)(H,19,20). The number of methoxy groups -OCH3 is 2. The van der Waals surface area contributed by atoms with Crippen LogP contribution in [0.15, 0.2) is 24.3 Å². The van der Waals surface area contributed by atoms with E-state index < -0.39 is 17.9 Å². The summed E-state index contributed by atoms with van der Waals surface area (Å²) in [7, 11) is 2.87. The molecule has 7 nitrogen and oxygen atoms in total. The number of ether oxygens (including phenoxy) is 2. The third kappa shape index (κ3) is 5.53. The average Bonchev–Trinajstić information content (AvgIpc) is 2.52. The summed E-state index contributed by atoms with van der Waals surface area (Å²) in [5, 5.41) is 11.2. The molecule has 2 N–H and O–H groups in total. The number of rotatable bonds is 9. The lowest BCUT2D eigenvalue weighted by Crippen LogP contribution is -2.43. The fourth-order valence-electron chi connectivity index (χ4n) is 1.76. The van der Waals surface area contributed by atoms with Gasteiger partial charge in [-0.25, -0.2) is 4.79 Å². The average molecular weight is 309 g/mol. The van der Waals surface area contributed by atoms with Crippen LogP contribution in [-0.4, -0.2) is 49.6 Å². The van der Waals surface area contributed by atoms with Gasteiger partial charge in [-0.05, 0) is 24.3 Å². The Bertz CT molecular complexity index is 525. The van der Waals surface area contributed by atoms with Crippen molar-refractivity contribution in [1.29, 1.82) is 0 Å². The van der Waals surface area contributed by atoms with Gasteiger partial charge in [-0.1, -0.05) is 0 Å². The highest BCUT2D eigenvalue weighted by atomic mass is 16.5. The maximum absolute atomic E-state index is 11.9. The molecule has 0 saturated carbocycles. The van der Waals surface area contributed by atoms with E-state index in [1.165, 1.54) is 14.2 Å². The first-order valence-electron chi connectivity index (χ1n) is 6.66. The van der Waals surface area contributed by atoms with Crippen molar-refractivity contribution in [3.8, 4) is 5.75 Å². The SMILES string of the molecule is COCC(NC(=O)CCC(=O)c1ccc(OC)cc1)C(=O)O. The Labute approximate surface area is 128 Å². The largest absolute Gasteiger partial charge is 0.497 e. The van der Waals surface area contributed by atoms with Crippen LogP contribution < -0.4 is 10.1 Å². The second-order valence-corrected chi connectivity index (χ2v) is 4.57. The molecule has 0 aliphatic rings. The Morgan fingerprint density at radius 3 is 2.27 bits per heavy atom. The molecule has 0 spiro atoms. The molecule has 0 aromatic heterocycles. The van der Waals surface area contributed by atoms with E-state index >= 15 is 0 Å². The first-order valence-corrected chi connectivity index (χ1v) is 6.66. The zero-order valence-corrected chi connectivity index (χ0v) is 12.5. The second kappa shape index (κ2) is 8.78. The van der Waals surface area contributed by atoms with Gasteiger partial charge < -0.3 is 19.9 Å². The summed E-state index contributed by atoms with van der Waals surface area (Å²) in [5.74, 6) is -1.25. The first-order chi connectivity index (χ1) is 10.5. The molecule has 1 amide bonds. The molecular formula is C15H19NO6. The van der Waals surface area contributed by atoms with Gasteiger partial charge in [-0.15, -0.1) is 0 Å². The normalized spacial score (nSPS) is 11.5. The predicted molar refractivity (Wildman–Crippen MR) is 78.0 cm³/mol. The summed E-state index contributed by atoms with van der Waals surface area (Å²) in [4.78, 5) is 34.5. The van der Waals surface area contributed by atoms with Crippen LogP contribution >= 0.6 is 0 Å². The fraction of sp³-hybridized carbons (Fsp3) is 0.400. The minimum Gasteiger partial charge on any atom is -0.497 e. The lowest BCUT2D eigenvalue weighted by molar-refractivity contribution is -0.143. The quantitative estimate of drug-likeness (QED) is 0.656. The van der Waals surface area contributed by atoms with Gasteiger partial charge >= 0.3 is 5.97 Å². The lowest BCUT2D eigenvalue weighted by Gasteiger charge is -2.13. The van der Waals surface area contributed by atoms with Crippen molar-refractivity contribution in [2.24, 2.45) is 0 Å². The van der Waals surface area contributed by atoms with Crippen LogP contribution in [0.2, 0.25) is 0 Å². The van der Waals surface area contributed by atoms with Crippen molar-refractivity contribution in [3.63, 3.8) is 0 Å². The predicted octanol–water partition coefficient (Wildman–Crippen LogP) is 0.874. The van der Waals surface area contributed by atoms with Gasteiger partial charge in [0.1, 0.15) is 5.75 Å². The third-order valence-corrected chi connectivity index (χ3v) is 2.96. The van der Waals surface area contributed by atoms with E-state index in [-0.39, 0.29) is 25.2 Å². The highest BCUT2D eigenvalue weighted by Gasteiger charge is 2.20. The molecule has 0 heterocycles. The van der Waals surface area contributed by atoms with E-state index in [4.69, 9.17) is 14.6 Å². The van der Waals surface area contributed by atoms with E-state index in [2.05, 4.69) is 5.32 Å². The Kier molecular flexibility index (Phi) is 7.04. The minimum absolute atomic E-state index is 0.00250. The summed E-state index contributed by atoms with van der Waals surface area (Å²) in [6.45, 7) is -0.131. The summed E-state index contributed by atoms with van der Waals surface area (Å²) in [5.41, 5.74) is 0.472. The van der Waals surface area contributed by atoms with Crippen LogP contribution in [0.1, 0.15) is 23.2 Å². The Morgan fingerprint density at radius 1 is 1.14 bits per heavy atom. The number of carbonyl (C=O) groups is 3. The molecule has 1 atom stereocenters. The summed E-state index contributed by atoms with van der Waals surface area (Å²) in [6, 6.07) is 5.43. The molecule has 0 aliphatic heterocycles. The first kappa shape index (κ1) is 17.6. The van der Waals surface area contributed by atoms with Crippen molar-refractivity contribution in [1.82, 2.24) is 5.32 Å². The number of hydrogen-bond donors (Lipinski definition) is 2. The van der Waals surface area contributed by atoms with Gasteiger partial charge in [-0.3, -0.25) is 9.59 Å². The van der Waals surface area contributed by atoms with Gasteiger partial charge in [0, 0.05) is 25.5 Å². The number of carboxylic acid groups (broad SMARTS) is 1. The van der Waals surface area contributed by atoms with Crippen LogP contribution in [-0.2, 0) is 14.3 Å². The van der Waals surface area contributed by atoms with E-state index in [1.54, 1.807) is 24.3 Å². The number of Topliss-reactive ketones (excluding diaryl/α,β-unsaturated/α-hetero) is 1. The topological polar surface area (TPSA) is 102 Å². The Hall–Kier alpha value is -2.41. The smallest absolute Gasteiger partial charge is 0.328 e. The minimum atomic E-state index is -1.18. The van der Waals surface area contributed by atoms with Crippen LogP contribution in [0, 0.1) is 0 Å². The Balaban J connectivity index is 2.48. The van der Waals surface area contributed by atoms with E-state index in [9.17, 15) is 14.4 Å². The van der Waals surface area contributed by atoms with E-state index in [0.717, 1.165) is 0 Å². The summed E-state index contributed by atoms with van der Waals surface area (Å²) < 4.78 is 9.70. The van der Waals surface area contributed by atoms with Gasteiger partial charge in [0.15, 0.2) is 11.8 Å². The summed E-state index contributed by atoms with van der Waals surface area (Å²) >= 11 is 0. The monoisotopic (exact) mass is 309 g/mol.